The van der Waals surface area contributed by atoms with E-state index in [0.717, 1.165) is 18.4 Å². The summed E-state index contributed by atoms with van der Waals surface area (Å²) in [5.41, 5.74) is 1.64. The Hall–Kier alpha value is -1.96. The predicted molar refractivity (Wildman–Crippen MR) is 137 cm³/mol. The van der Waals surface area contributed by atoms with Crippen LogP contribution in [0.4, 0.5) is 0 Å². The van der Waals surface area contributed by atoms with Crippen molar-refractivity contribution in [2.24, 2.45) is 0 Å². The third kappa shape index (κ3) is 8.29. The number of nitrogens with zero attached hydrogens (tertiary/aromatic N) is 1. The number of unbranched alkanes of at least 4 members (excludes halogenated alkanes) is 9. The summed E-state index contributed by atoms with van der Waals surface area (Å²) in [6.45, 7) is 4.73. The summed E-state index contributed by atoms with van der Waals surface area (Å²) in [5.74, 6) is -0.508. The average molecular weight is 564 g/mol. The van der Waals surface area contributed by atoms with E-state index in [4.69, 9.17) is 4.74 Å². The summed E-state index contributed by atoms with van der Waals surface area (Å²) in [7, 11) is 0. The molecule has 1 atom stereocenters. The highest BCUT2D eigenvalue weighted by molar-refractivity contribution is 5.91. The van der Waals surface area contributed by atoms with Crippen molar-refractivity contribution < 1.29 is 41.7 Å². The molecular formula is C29H43BrN2O4. The Morgan fingerprint density at radius 3 is 2.39 bits per heavy atom. The largest absolute Gasteiger partial charge is 1.00 e. The number of hydrogen-bond donors (Lipinski definition) is 2. The minimum absolute atomic E-state index is 0. The van der Waals surface area contributed by atoms with Crippen LogP contribution in [-0.4, -0.2) is 41.6 Å². The number of aliphatic hydroxyl groups is 1. The number of hydrogen-bond acceptors (Lipinski definition) is 5. The van der Waals surface area contributed by atoms with E-state index in [1.807, 2.05) is 18.2 Å². The number of ether oxygens (including phenoxy) is 1. The lowest BCUT2D eigenvalue weighted by Crippen LogP contribution is -3.00. The Bertz CT molecular complexity index is 930. The molecule has 0 aliphatic carbocycles. The highest BCUT2D eigenvalue weighted by Crippen LogP contribution is 2.33. The molecule has 0 bridgehead atoms. The maximum Gasteiger partial charge on any atom is 0.343 e. The Kier molecular flexibility index (Phi) is 12.9. The zero-order valence-electron chi connectivity index (χ0n) is 21.9. The fourth-order valence-corrected chi connectivity index (χ4v) is 5.04. The molecule has 1 amide bonds. The number of halogens is 1. The van der Waals surface area contributed by atoms with E-state index in [-0.39, 0.29) is 35.4 Å². The van der Waals surface area contributed by atoms with Gasteiger partial charge in [0.25, 0.3) is 5.72 Å². The summed E-state index contributed by atoms with van der Waals surface area (Å²) in [6.07, 6.45) is 17.6. The first-order chi connectivity index (χ1) is 17.0. The van der Waals surface area contributed by atoms with Gasteiger partial charge >= 0.3 is 11.9 Å². The van der Waals surface area contributed by atoms with Gasteiger partial charge in [-0.15, -0.1) is 0 Å². The zero-order chi connectivity index (χ0) is 25.1. The first-order valence-corrected chi connectivity index (χ1v) is 13.5. The lowest BCUT2D eigenvalue weighted by molar-refractivity contribution is -0.684. The second kappa shape index (κ2) is 15.3. The smallest absolute Gasteiger partial charge is 0.343 e. The number of benzene rings is 1. The van der Waals surface area contributed by atoms with E-state index in [2.05, 4.69) is 13.0 Å². The fraction of sp³-hybridized carbons (Fsp3) is 0.586. The number of quaternary nitrogens is 1. The summed E-state index contributed by atoms with van der Waals surface area (Å²) in [5, 5.41) is 13.0. The van der Waals surface area contributed by atoms with E-state index in [1.165, 1.54) is 68.7 Å². The quantitative estimate of drug-likeness (QED) is 0.247. The van der Waals surface area contributed by atoms with E-state index in [1.54, 1.807) is 24.1 Å². The van der Waals surface area contributed by atoms with Gasteiger partial charge in [0.1, 0.15) is 6.54 Å². The maximum absolute atomic E-state index is 12.8. The highest BCUT2D eigenvalue weighted by atomic mass is 79.9. The van der Waals surface area contributed by atoms with Crippen LogP contribution in [0.1, 0.15) is 89.2 Å². The summed E-state index contributed by atoms with van der Waals surface area (Å²) >= 11 is 0. The third-order valence-corrected chi connectivity index (χ3v) is 7.01. The topological polar surface area (TPSA) is 83.5 Å². The van der Waals surface area contributed by atoms with Crippen LogP contribution in [0, 0.1) is 0 Å². The number of rotatable bonds is 15. The van der Waals surface area contributed by atoms with Gasteiger partial charge in [0.05, 0.1) is 24.3 Å². The summed E-state index contributed by atoms with van der Waals surface area (Å²) in [4.78, 5) is 26.3. The summed E-state index contributed by atoms with van der Waals surface area (Å²) in [6, 6.07) is 7.99. The SMILES string of the molecule is CCCCCCCCCCCCc1cccc(C2(O)[NH2+]C(=O)C3=C2C=CN(CC(=O)OCC)C3)c1.[Br-]. The van der Waals surface area contributed by atoms with Gasteiger partial charge in [-0.3, -0.25) is 4.79 Å². The number of carbonyl (C=O) groups is 2. The van der Waals surface area contributed by atoms with Crippen molar-refractivity contribution in [2.45, 2.75) is 90.2 Å². The number of amides is 1. The van der Waals surface area contributed by atoms with Crippen molar-refractivity contribution in [3.8, 4) is 0 Å². The van der Waals surface area contributed by atoms with Crippen molar-refractivity contribution in [2.75, 3.05) is 19.7 Å². The minimum Gasteiger partial charge on any atom is -1.00 e. The van der Waals surface area contributed by atoms with Gasteiger partial charge in [0.15, 0.2) is 0 Å². The minimum atomic E-state index is -1.42. The van der Waals surface area contributed by atoms with Crippen LogP contribution in [-0.2, 0) is 26.5 Å². The Morgan fingerprint density at radius 1 is 1.06 bits per heavy atom. The Labute approximate surface area is 226 Å². The lowest BCUT2D eigenvalue weighted by atomic mass is 9.91. The van der Waals surface area contributed by atoms with Crippen LogP contribution in [0.15, 0.2) is 47.7 Å². The molecule has 200 valence electrons. The van der Waals surface area contributed by atoms with Crippen LogP contribution in [0.25, 0.3) is 0 Å². The molecule has 0 radical (unpaired) electrons. The molecule has 1 aromatic carbocycles. The number of carbonyl (C=O) groups excluding carboxylic acids is 2. The number of aryl methyl sites for hydroxylation is 1. The number of esters is 1. The van der Waals surface area contributed by atoms with Crippen LogP contribution >= 0.6 is 0 Å². The van der Waals surface area contributed by atoms with Crippen molar-refractivity contribution >= 4 is 11.9 Å². The van der Waals surface area contributed by atoms with Gasteiger partial charge < -0.3 is 31.7 Å². The van der Waals surface area contributed by atoms with Crippen LogP contribution in [0.2, 0.25) is 0 Å². The Morgan fingerprint density at radius 2 is 1.72 bits per heavy atom. The monoisotopic (exact) mass is 562 g/mol. The molecule has 2 aliphatic rings. The average Bonchev–Trinajstić information content (AvgIpc) is 3.11. The van der Waals surface area contributed by atoms with Gasteiger partial charge in [-0.25, -0.2) is 10.1 Å². The predicted octanol–water partition coefficient (Wildman–Crippen LogP) is 1.09. The molecule has 0 saturated heterocycles. The van der Waals surface area contributed by atoms with Gasteiger partial charge in [0, 0.05) is 11.8 Å². The first kappa shape index (κ1) is 30.3. The van der Waals surface area contributed by atoms with Gasteiger partial charge in [0.2, 0.25) is 0 Å². The molecule has 6 nitrogen and oxygen atoms in total. The van der Waals surface area contributed by atoms with Crippen LogP contribution in [0.5, 0.6) is 0 Å². The van der Waals surface area contributed by atoms with Gasteiger partial charge in [-0.1, -0.05) is 76.8 Å². The zero-order valence-corrected chi connectivity index (χ0v) is 23.5. The number of nitrogens with two attached hydrogens (primary N) is 1. The molecule has 0 spiro atoms. The van der Waals surface area contributed by atoms with E-state index < -0.39 is 5.72 Å². The van der Waals surface area contributed by atoms with Crippen molar-refractivity contribution in [3.63, 3.8) is 0 Å². The third-order valence-electron chi connectivity index (χ3n) is 7.01. The molecule has 3 rings (SSSR count). The van der Waals surface area contributed by atoms with Crippen molar-refractivity contribution in [3.05, 3.63) is 58.8 Å². The molecular weight excluding hydrogens is 520 g/mol. The maximum atomic E-state index is 12.8. The molecule has 1 unspecified atom stereocenters. The molecule has 3 N–H and O–H groups in total. The number of primary amides is 1. The fourth-order valence-electron chi connectivity index (χ4n) is 5.04. The van der Waals surface area contributed by atoms with E-state index >= 15 is 0 Å². The molecule has 2 heterocycles. The molecule has 0 fully saturated rings. The van der Waals surface area contributed by atoms with E-state index in [9.17, 15) is 14.7 Å². The molecule has 1 aromatic rings. The standard InChI is InChI=1S/C29H42N2O4.BrH/c1-3-5-6-7-8-9-10-11-12-13-15-23-16-14-17-24(20-23)29(34)26-18-19-31(22-27(32)35-4-2)21-25(26)28(33)30-29;/h14,16-20,34H,3-13,15,21-22H2,1-2H3,(H,30,33);1H. The summed E-state index contributed by atoms with van der Waals surface area (Å²) < 4.78 is 5.01. The molecule has 0 saturated carbocycles. The van der Waals surface area contributed by atoms with Crippen molar-refractivity contribution in [1.82, 2.24) is 4.90 Å². The van der Waals surface area contributed by atoms with Crippen LogP contribution in [0.3, 0.4) is 0 Å². The molecule has 7 heteroatoms. The Balaban J connectivity index is 0.00000456. The molecule has 0 aromatic heterocycles. The van der Waals surface area contributed by atoms with Gasteiger partial charge in [-0.2, -0.15) is 0 Å². The van der Waals surface area contributed by atoms with E-state index in [0.29, 0.717) is 24.3 Å². The normalized spacial score (nSPS) is 18.9. The first-order valence-electron chi connectivity index (χ1n) is 13.5. The molecule has 36 heavy (non-hydrogen) atoms. The highest BCUT2D eigenvalue weighted by Gasteiger charge is 2.50. The second-order valence-corrected chi connectivity index (χ2v) is 9.83. The van der Waals surface area contributed by atoms with Gasteiger partial charge in [-0.05, 0) is 43.5 Å². The van der Waals surface area contributed by atoms with Crippen LogP contribution < -0.4 is 22.3 Å². The molecule has 2 aliphatic heterocycles. The second-order valence-electron chi connectivity index (χ2n) is 9.83. The van der Waals surface area contributed by atoms with Crippen molar-refractivity contribution in [1.29, 1.82) is 0 Å². The lowest BCUT2D eigenvalue weighted by Gasteiger charge is -2.25.